The second-order valence-electron chi connectivity index (χ2n) is 6.71. The monoisotopic (exact) mass is 277 g/mol. The first kappa shape index (κ1) is 17.2. The third-order valence-electron chi connectivity index (χ3n) is 3.83. The molecule has 0 saturated carbocycles. The molecule has 114 valence electrons. The Morgan fingerprint density at radius 2 is 1.85 bits per heavy atom. The minimum Gasteiger partial charge on any atom is -0.379 e. The second-order valence-corrected chi connectivity index (χ2v) is 6.71. The molecule has 1 N–H and O–H groups in total. The van der Waals surface area contributed by atoms with Crippen LogP contribution < -0.4 is 5.32 Å². The van der Waals surface area contributed by atoms with Crippen molar-refractivity contribution in [3.05, 3.63) is 35.4 Å². The summed E-state index contributed by atoms with van der Waals surface area (Å²) in [6, 6.07) is 8.99. The van der Waals surface area contributed by atoms with Gasteiger partial charge in [-0.25, -0.2) is 0 Å². The largest absolute Gasteiger partial charge is 0.379 e. The fourth-order valence-corrected chi connectivity index (χ4v) is 2.81. The van der Waals surface area contributed by atoms with Crippen LogP contribution in [0.3, 0.4) is 0 Å². The highest BCUT2D eigenvalue weighted by Gasteiger charge is 2.32. The third kappa shape index (κ3) is 4.92. The fourth-order valence-electron chi connectivity index (χ4n) is 2.81. The van der Waals surface area contributed by atoms with Gasteiger partial charge in [-0.2, -0.15) is 0 Å². The molecule has 2 unspecified atom stereocenters. The first-order chi connectivity index (χ1) is 9.40. The summed E-state index contributed by atoms with van der Waals surface area (Å²) in [5, 5.41) is 3.68. The quantitative estimate of drug-likeness (QED) is 0.814. The van der Waals surface area contributed by atoms with Gasteiger partial charge in [-0.1, -0.05) is 52.0 Å². The Bertz CT molecular complexity index is 395. The second kappa shape index (κ2) is 7.80. The van der Waals surface area contributed by atoms with Gasteiger partial charge in [0.1, 0.15) is 0 Å². The van der Waals surface area contributed by atoms with E-state index in [0.29, 0.717) is 6.04 Å². The molecule has 20 heavy (non-hydrogen) atoms. The lowest BCUT2D eigenvalue weighted by atomic mass is 9.82. The van der Waals surface area contributed by atoms with Crippen molar-refractivity contribution in [1.29, 1.82) is 0 Å². The van der Waals surface area contributed by atoms with Crippen LogP contribution in [-0.4, -0.2) is 25.8 Å². The molecule has 0 spiro atoms. The van der Waals surface area contributed by atoms with E-state index in [1.165, 1.54) is 11.1 Å². The lowest BCUT2D eigenvalue weighted by Gasteiger charge is -2.37. The minimum absolute atomic E-state index is 0.128. The number of benzene rings is 1. The van der Waals surface area contributed by atoms with Crippen LogP contribution in [0.4, 0.5) is 0 Å². The molecule has 0 amide bonds. The van der Waals surface area contributed by atoms with E-state index in [0.717, 1.165) is 19.4 Å². The van der Waals surface area contributed by atoms with Crippen LogP contribution in [0.25, 0.3) is 0 Å². The van der Waals surface area contributed by atoms with Crippen molar-refractivity contribution in [1.82, 2.24) is 5.32 Å². The zero-order valence-electron chi connectivity index (χ0n) is 14.0. The zero-order chi connectivity index (χ0) is 15.2. The summed E-state index contributed by atoms with van der Waals surface area (Å²) in [6.45, 7) is 12.2. The highest BCUT2D eigenvalue weighted by atomic mass is 16.5. The van der Waals surface area contributed by atoms with Crippen LogP contribution in [0.1, 0.15) is 45.2 Å². The number of aryl methyl sites for hydroxylation is 1. The molecule has 2 nitrogen and oxygen atoms in total. The van der Waals surface area contributed by atoms with Crippen LogP contribution in [0.2, 0.25) is 0 Å². The Balaban J connectivity index is 2.91. The summed E-state index contributed by atoms with van der Waals surface area (Å²) in [7, 11) is 1.83. The molecular formula is C18H31NO. The summed E-state index contributed by atoms with van der Waals surface area (Å²) in [6.07, 6.45) is 2.36. The number of rotatable bonds is 7. The molecule has 0 aliphatic carbocycles. The van der Waals surface area contributed by atoms with E-state index in [-0.39, 0.29) is 11.5 Å². The highest BCUT2D eigenvalue weighted by molar-refractivity contribution is 5.26. The Hall–Kier alpha value is -0.860. The van der Waals surface area contributed by atoms with E-state index in [2.05, 4.69) is 64.2 Å². The van der Waals surface area contributed by atoms with Crippen molar-refractivity contribution in [2.45, 2.75) is 59.6 Å². The molecule has 2 atom stereocenters. The van der Waals surface area contributed by atoms with Gasteiger partial charge in [-0.3, -0.25) is 0 Å². The summed E-state index contributed by atoms with van der Waals surface area (Å²) < 4.78 is 5.82. The molecule has 2 heteroatoms. The maximum absolute atomic E-state index is 5.82. The van der Waals surface area contributed by atoms with Gasteiger partial charge in [0.05, 0.1) is 6.10 Å². The number of nitrogens with one attached hydrogen (secondary N) is 1. The average Bonchev–Trinajstić information content (AvgIpc) is 2.37. The molecule has 0 aliphatic rings. The average molecular weight is 277 g/mol. The Labute approximate surface area is 124 Å². The molecule has 0 fully saturated rings. The first-order valence-electron chi connectivity index (χ1n) is 7.70. The van der Waals surface area contributed by atoms with Crippen molar-refractivity contribution in [2.75, 3.05) is 13.7 Å². The predicted molar refractivity (Wildman–Crippen MR) is 87.2 cm³/mol. The third-order valence-corrected chi connectivity index (χ3v) is 3.83. The molecule has 0 aromatic heterocycles. The number of hydrogen-bond donors (Lipinski definition) is 1. The Morgan fingerprint density at radius 3 is 2.35 bits per heavy atom. The van der Waals surface area contributed by atoms with Gasteiger partial charge < -0.3 is 10.1 Å². The smallest absolute Gasteiger partial charge is 0.0775 e. The molecule has 0 aliphatic heterocycles. The lowest BCUT2D eigenvalue weighted by Crippen LogP contribution is -2.49. The van der Waals surface area contributed by atoms with Gasteiger partial charge >= 0.3 is 0 Å². The lowest BCUT2D eigenvalue weighted by molar-refractivity contribution is -0.0110. The minimum atomic E-state index is 0.128. The summed E-state index contributed by atoms with van der Waals surface area (Å²) >= 11 is 0. The highest BCUT2D eigenvalue weighted by Crippen LogP contribution is 2.26. The molecule has 1 aromatic carbocycles. The van der Waals surface area contributed by atoms with Crippen molar-refractivity contribution >= 4 is 0 Å². The number of ether oxygens (including phenoxy) is 1. The molecule has 0 radical (unpaired) electrons. The van der Waals surface area contributed by atoms with Gasteiger partial charge in [0.25, 0.3) is 0 Å². The fraction of sp³-hybridized carbons (Fsp3) is 0.667. The predicted octanol–water partition coefficient (Wildman–Crippen LogP) is 3.97. The SMILES string of the molecule is CCCNC(Cc1ccccc1C)C(OC)C(C)(C)C. The van der Waals surface area contributed by atoms with Crippen LogP contribution in [0.15, 0.2) is 24.3 Å². The van der Waals surface area contributed by atoms with Crippen LogP contribution in [-0.2, 0) is 11.2 Å². The topological polar surface area (TPSA) is 21.3 Å². The Morgan fingerprint density at radius 1 is 1.20 bits per heavy atom. The standard InChI is InChI=1S/C18H31NO/c1-7-12-19-16(17(20-6)18(3,4)5)13-15-11-9-8-10-14(15)2/h8-11,16-17,19H,7,12-13H2,1-6H3. The van der Waals surface area contributed by atoms with Crippen molar-refractivity contribution < 1.29 is 4.74 Å². The Kier molecular flexibility index (Phi) is 6.70. The van der Waals surface area contributed by atoms with Gasteiger partial charge in [-0.05, 0) is 42.9 Å². The van der Waals surface area contributed by atoms with E-state index in [4.69, 9.17) is 4.74 Å². The van der Waals surface area contributed by atoms with Crippen LogP contribution in [0, 0.1) is 12.3 Å². The molecule has 0 bridgehead atoms. The molecule has 1 rings (SSSR count). The van der Waals surface area contributed by atoms with Gasteiger partial charge in [0.2, 0.25) is 0 Å². The molecule has 1 aromatic rings. The van der Waals surface area contributed by atoms with Gasteiger partial charge in [0.15, 0.2) is 0 Å². The van der Waals surface area contributed by atoms with Crippen molar-refractivity contribution in [3.63, 3.8) is 0 Å². The van der Waals surface area contributed by atoms with Crippen LogP contribution in [0.5, 0.6) is 0 Å². The molecule has 0 heterocycles. The number of hydrogen-bond acceptors (Lipinski definition) is 2. The normalized spacial score (nSPS) is 15.1. The van der Waals surface area contributed by atoms with E-state index < -0.39 is 0 Å². The van der Waals surface area contributed by atoms with E-state index in [1.807, 2.05) is 7.11 Å². The van der Waals surface area contributed by atoms with Crippen LogP contribution >= 0.6 is 0 Å². The van der Waals surface area contributed by atoms with Gasteiger partial charge in [0, 0.05) is 13.2 Å². The van der Waals surface area contributed by atoms with E-state index in [9.17, 15) is 0 Å². The number of methoxy groups -OCH3 is 1. The zero-order valence-corrected chi connectivity index (χ0v) is 14.0. The maximum atomic E-state index is 5.82. The van der Waals surface area contributed by atoms with Crippen molar-refractivity contribution in [3.8, 4) is 0 Å². The summed E-state index contributed by atoms with van der Waals surface area (Å²) in [4.78, 5) is 0. The summed E-state index contributed by atoms with van der Waals surface area (Å²) in [5.41, 5.74) is 2.90. The summed E-state index contributed by atoms with van der Waals surface area (Å²) in [5.74, 6) is 0. The molecular weight excluding hydrogens is 246 g/mol. The van der Waals surface area contributed by atoms with Crippen molar-refractivity contribution in [2.24, 2.45) is 5.41 Å². The van der Waals surface area contributed by atoms with E-state index in [1.54, 1.807) is 0 Å². The maximum Gasteiger partial charge on any atom is 0.0775 e. The first-order valence-corrected chi connectivity index (χ1v) is 7.70. The van der Waals surface area contributed by atoms with Gasteiger partial charge in [-0.15, -0.1) is 0 Å². The molecule has 0 saturated heterocycles. The van der Waals surface area contributed by atoms with E-state index >= 15 is 0 Å².